The summed E-state index contributed by atoms with van der Waals surface area (Å²) in [6, 6.07) is 13.0. The van der Waals surface area contributed by atoms with Crippen molar-refractivity contribution >= 4 is 23.9 Å². The zero-order chi connectivity index (χ0) is 31.0. The van der Waals surface area contributed by atoms with Crippen molar-refractivity contribution in [3.05, 3.63) is 70.8 Å². The van der Waals surface area contributed by atoms with Gasteiger partial charge in [-0.1, -0.05) is 55.5 Å². The van der Waals surface area contributed by atoms with E-state index in [0.29, 0.717) is 5.56 Å². The second kappa shape index (κ2) is 14.3. The van der Waals surface area contributed by atoms with Gasteiger partial charge in [-0.05, 0) is 76.1 Å². The number of rotatable bonds is 12. The van der Waals surface area contributed by atoms with Crippen LogP contribution in [0.3, 0.4) is 0 Å². The molecule has 228 valence electrons. The monoisotopic (exact) mass is 579 g/mol. The molecule has 3 rings (SSSR count). The van der Waals surface area contributed by atoms with E-state index in [1.54, 1.807) is 32.6 Å². The minimum absolute atomic E-state index is 0.0176. The van der Waals surface area contributed by atoms with E-state index in [1.165, 1.54) is 0 Å². The molecule has 9 nitrogen and oxygen atoms in total. The van der Waals surface area contributed by atoms with Gasteiger partial charge in [-0.3, -0.25) is 14.4 Å². The van der Waals surface area contributed by atoms with Crippen LogP contribution in [0.25, 0.3) is 0 Å². The smallest absolute Gasteiger partial charge is 0.408 e. The molecule has 3 amide bonds. The summed E-state index contributed by atoms with van der Waals surface area (Å²) < 4.78 is 10.5. The van der Waals surface area contributed by atoms with Gasteiger partial charge in [0.05, 0.1) is 13.0 Å². The van der Waals surface area contributed by atoms with Gasteiger partial charge in [0.2, 0.25) is 11.8 Å². The molecule has 0 bridgehead atoms. The number of benzene rings is 2. The Balaban J connectivity index is 2.02. The Labute approximate surface area is 249 Å². The fourth-order valence-corrected chi connectivity index (χ4v) is 4.96. The highest BCUT2D eigenvalue weighted by atomic mass is 16.6. The van der Waals surface area contributed by atoms with Crippen LogP contribution in [-0.4, -0.2) is 59.6 Å². The van der Waals surface area contributed by atoms with Gasteiger partial charge in [0.15, 0.2) is 0 Å². The molecule has 2 N–H and O–H groups in total. The van der Waals surface area contributed by atoms with E-state index < -0.39 is 35.7 Å². The Hall–Kier alpha value is -3.88. The summed E-state index contributed by atoms with van der Waals surface area (Å²) in [6.45, 7) is 13.3. The van der Waals surface area contributed by atoms with E-state index in [0.717, 1.165) is 23.1 Å². The van der Waals surface area contributed by atoms with Crippen molar-refractivity contribution in [2.75, 3.05) is 13.2 Å². The molecule has 4 atom stereocenters. The summed E-state index contributed by atoms with van der Waals surface area (Å²) in [7, 11) is 0. The molecule has 9 heteroatoms. The SMILES string of the molecule is CCOC(=O)CCNC(=O)C(c1cccc(C)c1C)N(C(=O)C(Cc1ccccc1)NC(=O)OC(C)(C)C)C1CC1C. The number of carbonyl (C=O) groups is 4. The van der Waals surface area contributed by atoms with Crippen molar-refractivity contribution in [2.45, 2.75) is 91.5 Å². The second-order valence-electron chi connectivity index (χ2n) is 12.0. The maximum atomic E-state index is 14.6. The molecule has 2 aromatic carbocycles. The number of carbonyl (C=O) groups excluding carboxylic acids is 4. The molecule has 0 spiro atoms. The molecule has 0 heterocycles. The highest BCUT2D eigenvalue weighted by molar-refractivity contribution is 5.93. The highest BCUT2D eigenvalue weighted by Gasteiger charge is 2.48. The fourth-order valence-electron chi connectivity index (χ4n) is 4.96. The van der Waals surface area contributed by atoms with Crippen molar-refractivity contribution in [3.63, 3.8) is 0 Å². The number of nitrogens with one attached hydrogen (secondary N) is 2. The van der Waals surface area contributed by atoms with Crippen LogP contribution in [-0.2, 0) is 30.3 Å². The first-order valence-corrected chi connectivity index (χ1v) is 14.7. The average molecular weight is 580 g/mol. The first-order valence-electron chi connectivity index (χ1n) is 14.7. The number of amides is 3. The molecule has 1 saturated carbocycles. The molecular formula is C33H45N3O6. The Morgan fingerprint density at radius 1 is 1.02 bits per heavy atom. The van der Waals surface area contributed by atoms with Crippen molar-refractivity contribution in [1.82, 2.24) is 15.5 Å². The van der Waals surface area contributed by atoms with Crippen molar-refractivity contribution in [3.8, 4) is 0 Å². The molecule has 2 aromatic rings. The zero-order valence-electron chi connectivity index (χ0n) is 25.9. The Morgan fingerprint density at radius 2 is 1.69 bits per heavy atom. The molecule has 0 aromatic heterocycles. The van der Waals surface area contributed by atoms with E-state index in [4.69, 9.17) is 9.47 Å². The predicted octanol–water partition coefficient (Wildman–Crippen LogP) is 4.79. The predicted molar refractivity (Wildman–Crippen MR) is 161 cm³/mol. The van der Waals surface area contributed by atoms with Crippen molar-refractivity contribution in [1.29, 1.82) is 0 Å². The molecule has 1 fully saturated rings. The van der Waals surface area contributed by atoms with Crippen LogP contribution in [0.15, 0.2) is 48.5 Å². The third-order valence-electron chi connectivity index (χ3n) is 7.35. The third kappa shape index (κ3) is 9.06. The van der Waals surface area contributed by atoms with Crippen LogP contribution in [0, 0.1) is 19.8 Å². The molecule has 1 aliphatic carbocycles. The van der Waals surface area contributed by atoms with Gasteiger partial charge in [0.1, 0.15) is 17.7 Å². The molecule has 0 radical (unpaired) electrons. The van der Waals surface area contributed by atoms with Crippen LogP contribution in [0.4, 0.5) is 4.79 Å². The maximum Gasteiger partial charge on any atom is 0.408 e. The van der Waals surface area contributed by atoms with Gasteiger partial charge < -0.3 is 25.0 Å². The van der Waals surface area contributed by atoms with Crippen molar-refractivity contribution in [2.24, 2.45) is 5.92 Å². The summed E-state index contributed by atoms with van der Waals surface area (Å²) in [5, 5.41) is 5.66. The summed E-state index contributed by atoms with van der Waals surface area (Å²) >= 11 is 0. The molecule has 0 aliphatic heterocycles. The highest BCUT2D eigenvalue weighted by Crippen LogP contribution is 2.41. The topological polar surface area (TPSA) is 114 Å². The van der Waals surface area contributed by atoms with E-state index in [-0.39, 0.29) is 43.9 Å². The molecule has 0 saturated heterocycles. The third-order valence-corrected chi connectivity index (χ3v) is 7.35. The van der Waals surface area contributed by atoms with Crippen LogP contribution >= 0.6 is 0 Å². The summed E-state index contributed by atoms with van der Waals surface area (Å²) in [4.78, 5) is 55.0. The quantitative estimate of drug-likeness (QED) is 0.350. The number of aryl methyl sites for hydroxylation is 1. The van der Waals surface area contributed by atoms with E-state index in [1.807, 2.05) is 69.3 Å². The number of hydrogen-bond acceptors (Lipinski definition) is 6. The van der Waals surface area contributed by atoms with Crippen LogP contribution in [0.5, 0.6) is 0 Å². The molecule has 1 aliphatic rings. The van der Waals surface area contributed by atoms with Crippen LogP contribution < -0.4 is 10.6 Å². The number of alkyl carbamates (subject to hydrolysis) is 1. The lowest BCUT2D eigenvalue weighted by Crippen LogP contribution is -2.55. The lowest BCUT2D eigenvalue weighted by molar-refractivity contribution is -0.145. The van der Waals surface area contributed by atoms with Gasteiger partial charge in [0, 0.05) is 19.0 Å². The minimum atomic E-state index is -0.977. The largest absolute Gasteiger partial charge is 0.466 e. The van der Waals surface area contributed by atoms with Gasteiger partial charge in [-0.15, -0.1) is 0 Å². The van der Waals surface area contributed by atoms with Crippen LogP contribution in [0.1, 0.15) is 75.8 Å². The van der Waals surface area contributed by atoms with E-state index >= 15 is 0 Å². The van der Waals surface area contributed by atoms with Crippen molar-refractivity contribution < 1.29 is 28.7 Å². The Morgan fingerprint density at radius 3 is 2.29 bits per heavy atom. The summed E-state index contributed by atoms with van der Waals surface area (Å²) in [5.74, 6) is -0.996. The standard InChI is InChI=1S/C33H45N3O6/c1-8-41-28(37)17-18-34-30(38)29(25-16-12-13-21(2)23(25)4)36(27-19-22(27)3)31(39)26(20-24-14-10-9-11-15-24)35-32(40)42-33(5,6)7/h9-16,22,26-27,29H,8,17-20H2,1-7H3,(H,34,38)(H,35,40). The Kier molecular flexibility index (Phi) is 11.1. The molecule has 42 heavy (non-hydrogen) atoms. The minimum Gasteiger partial charge on any atom is -0.466 e. The molecular weight excluding hydrogens is 534 g/mol. The second-order valence-corrected chi connectivity index (χ2v) is 12.0. The fraction of sp³-hybridized carbons (Fsp3) is 0.515. The Bertz CT molecular complexity index is 1260. The number of esters is 1. The number of ether oxygens (including phenoxy) is 2. The maximum absolute atomic E-state index is 14.6. The zero-order valence-corrected chi connectivity index (χ0v) is 25.9. The number of nitrogens with zero attached hydrogens (tertiary/aromatic N) is 1. The van der Waals surface area contributed by atoms with E-state index in [2.05, 4.69) is 10.6 Å². The van der Waals surface area contributed by atoms with Gasteiger partial charge in [-0.25, -0.2) is 4.79 Å². The lowest BCUT2D eigenvalue weighted by Gasteiger charge is -2.36. The average Bonchev–Trinajstić information content (AvgIpc) is 3.63. The molecule has 4 unspecified atom stereocenters. The van der Waals surface area contributed by atoms with Gasteiger partial charge in [-0.2, -0.15) is 0 Å². The van der Waals surface area contributed by atoms with Gasteiger partial charge in [0.25, 0.3) is 0 Å². The summed E-state index contributed by atoms with van der Waals surface area (Å²) in [6.07, 6.45) is 0.264. The van der Waals surface area contributed by atoms with Gasteiger partial charge >= 0.3 is 12.1 Å². The summed E-state index contributed by atoms with van der Waals surface area (Å²) in [5.41, 5.74) is 2.69. The first kappa shape index (κ1) is 32.6. The van der Waals surface area contributed by atoms with E-state index in [9.17, 15) is 19.2 Å². The van der Waals surface area contributed by atoms with Crippen LogP contribution in [0.2, 0.25) is 0 Å². The number of hydrogen-bond donors (Lipinski definition) is 2. The lowest BCUT2D eigenvalue weighted by atomic mass is 9.94. The normalized spacial score (nSPS) is 17.4. The first-order chi connectivity index (χ1) is 19.8.